The van der Waals surface area contributed by atoms with Gasteiger partial charge in [-0.15, -0.1) is 10.2 Å². The standard InChI is InChI=1S/C27H28ClN5O2S/c1-4-35-23-14-12-22(13-15-23)30-26(34)29-19(3)25-31-32-27(36-17-20-8-6-5-7-9-20)33(25)24-16-21(28)11-10-18(24)2/h5-16,19H,4,17H2,1-3H3,(H2,29,30,34). The van der Waals surface area contributed by atoms with Gasteiger partial charge in [-0.1, -0.05) is 59.8 Å². The number of urea groups is 1. The third-order valence-corrected chi connectivity index (χ3v) is 6.67. The molecule has 36 heavy (non-hydrogen) atoms. The maximum Gasteiger partial charge on any atom is 0.319 e. The van der Waals surface area contributed by atoms with Crippen molar-refractivity contribution >= 4 is 35.1 Å². The Morgan fingerprint density at radius 2 is 1.83 bits per heavy atom. The Morgan fingerprint density at radius 1 is 1.08 bits per heavy atom. The first kappa shape index (κ1) is 25.6. The van der Waals surface area contributed by atoms with Crippen molar-refractivity contribution in [3.05, 3.63) is 94.8 Å². The lowest BCUT2D eigenvalue weighted by Gasteiger charge is -2.18. The van der Waals surface area contributed by atoms with E-state index in [-0.39, 0.29) is 6.03 Å². The first-order valence-electron chi connectivity index (χ1n) is 11.6. The second-order valence-electron chi connectivity index (χ2n) is 8.16. The number of hydrogen-bond acceptors (Lipinski definition) is 5. The number of nitrogens with one attached hydrogen (secondary N) is 2. The molecule has 0 spiro atoms. The van der Waals surface area contributed by atoms with Gasteiger partial charge >= 0.3 is 6.03 Å². The predicted molar refractivity (Wildman–Crippen MR) is 145 cm³/mol. The first-order valence-corrected chi connectivity index (χ1v) is 13.0. The van der Waals surface area contributed by atoms with Gasteiger partial charge in [-0.05, 0) is 68.3 Å². The number of thioether (sulfide) groups is 1. The summed E-state index contributed by atoms with van der Waals surface area (Å²) in [6.07, 6.45) is 0. The van der Waals surface area contributed by atoms with Crippen LogP contribution in [0.25, 0.3) is 5.69 Å². The van der Waals surface area contributed by atoms with Crippen molar-refractivity contribution in [2.75, 3.05) is 11.9 Å². The van der Waals surface area contributed by atoms with Crippen molar-refractivity contribution in [2.45, 2.75) is 37.7 Å². The van der Waals surface area contributed by atoms with Crippen LogP contribution in [0.2, 0.25) is 5.02 Å². The van der Waals surface area contributed by atoms with Crippen molar-refractivity contribution in [3.8, 4) is 11.4 Å². The molecule has 0 aliphatic carbocycles. The molecule has 2 N–H and O–H groups in total. The van der Waals surface area contributed by atoms with Gasteiger partial charge in [-0.2, -0.15) is 0 Å². The third kappa shape index (κ3) is 6.38. The number of aromatic nitrogens is 3. The van der Waals surface area contributed by atoms with E-state index in [9.17, 15) is 4.79 Å². The summed E-state index contributed by atoms with van der Waals surface area (Å²) in [6.45, 7) is 6.40. The lowest BCUT2D eigenvalue weighted by Crippen LogP contribution is -2.32. The van der Waals surface area contributed by atoms with Crippen LogP contribution in [0.15, 0.2) is 78.0 Å². The maximum absolute atomic E-state index is 12.8. The summed E-state index contributed by atoms with van der Waals surface area (Å²) in [6, 6.07) is 22.3. The minimum absolute atomic E-state index is 0.345. The Bertz CT molecular complexity index is 1310. The monoisotopic (exact) mass is 521 g/mol. The van der Waals surface area contributed by atoms with Crippen LogP contribution in [0.5, 0.6) is 5.75 Å². The van der Waals surface area contributed by atoms with Gasteiger partial charge < -0.3 is 15.4 Å². The summed E-state index contributed by atoms with van der Waals surface area (Å²) in [5.41, 5.74) is 3.74. The second-order valence-corrected chi connectivity index (χ2v) is 9.54. The van der Waals surface area contributed by atoms with Gasteiger partial charge in [0, 0.05) is 16.5 Å². The van der Waals surface area contributed by atoms with Crippen LogP contribution in [0.4, 0.5) is 10.5 Å². The van der Waals surface area contributed by atoms with Crippen LogP contribution in [0.1, 0.15) is 36.8 Å². The van der Waals surface area contributed by atoms with Crippen LogP contribution in [-0.2, 0) is 5.75 Å². The molecule has 3 aromatic carbocycles. The number of amides is 2. The van der Waals surface area contributed by atoms with E-state index in [2.05, 4.69) is 33.0 Å². The molecule has 1 atom stereocenters. The molecular weight excluding hydrogens is 494 g/mol. The molecule has 186 valence electrons. The molecular formula is C27H28ClN5O2S. The lowest BCUT2D eigenvalue weighted by atomic mass is 10.2. The van der Waals surface area contributed by atoms with E-state index in [1.165, 1.54) is 5.56 Å². The fourth-order valence-corrected chi connectivity index (χ4v) is 4.73. The molecule has 4 aromatic rings. The summed E-state index contributed by atoms with van der Waals surface area (Å²) in [5.74, 6) is 2.10. The summed E-state index contributed by atoms with van der Waals surface area (Å²) in [5, 5.41) is 16.1. The summed E-state index contributed by atoms with van der Waals surface area (Å²) < 4.78 is 7.42. The molecule has 2 amide bonds. The van der Waals surface area contributed by atoms with Gasteiger partial charge in [0.2, 0.25) is 0 Å². The van der Waals surface area contributed by atoms with Crippen molar-refractivity contribution in [1.82, 2.24) is 20.1 Å². The first-order chi connectivity index (χ1) is 17.4. The zero-order valence-corrected chi connectivity index (χ0v) is 21.9. The highest BCUT2D eigenvalue weighted by atomic mass is 35.5. The van der Waals surface area contributed by atoms with Crippen molar-refractivity contribution in [3.63, 3.8) is 0 Å². The van der Waals surface area contributed by atoms with Crippen LogP contribution in [0, 0.1) is 6.92 Å². The van der Waals surface area contributed by atoms with E-state index in [1.54, 1.807) is 23.9 Å². The number of hydrogen-bond donors (Lipinski definition) is 2. The number of carbonyl (C=O) groups excluding carboxylic acids is 1. The largest absolute Gasteiger partial charge is 0.494 e. The van der Waals surface area contributed by atoms with E-state index in [4.69, 9.17) is 16.3 Å². The SMILES string of the molecule is CCOc1ccc(NC(=O)NC(C)c2nnc(SCc3ccccc3)n2-c2cc(Cl)ccc2C)cc1. The smallest absolute Gasteiger partial charge is 0.319 e. The van der Waals surface area contributed by atoms with Crippen molar-refractivity contribution in [2.24, 2.45) is 0 Å². The molecule has 7 nitrogen and oxygen atoms in total. The molecule has 4 rings (SSSR count). The molecule has 0 aliphatic heterocycles. The number of ether oxygens (including phenoxy) is 1. The zero-order chi connectivity index (χ0) is 25.5. The van der Waals surface area contributed by atoms with Crippen LogP contribution in [0.3, 0.4) is 0 Å². The Morgan fingerprint density at radius 3 is 2.56 bits per heavy atom. The van der Waals surface area contributed by atoms with Gasteiger partial charge in [0.1, 0.15) is 5.75 Å². The van der Waals surface area contributed by atoms with Crippen LogP contribution >= 0.6 is 23.4 Å². The minimum atomic E-state index is -0.426. The Hall–Kier alpha value is -3.49. The molecule has 0 saturated heterocycles. The van der Waals surface area contributed by atoms with Gasteiger partial charge in [0.05, 0.1) is 18.3 Å². The van der Waals surface area contributed by atoms with E-state index in [0.29, 0.717) is 23.1 Å². The molecule has 1 unspecified atom stereocenters. The number of nitrogens with zero attached hydrogens (tertiary/aromatic N) is 3. The van der Waals surface area contributed by atoms with Gasteiger partial charge in [0.25, 0.3) is 0 Å². The van der Waals surface area contributed by atoms with Crippen LogP contribution in [-0.4, -0.2) is 27.4 Å². The van der Waals surface area contributed by atoms with E-state index < -0.39 is 6.04 Å². The summed E-state index contributed by atoms with van der Waals surface area (Å²) >= 11 is 7.93. The van der Waals surface area contributed by atoms with E-state index in [0.717, 1.165) is 27.9 Å². The molecule has 0 fully saturated rings. The molecule has 0 aliphatic rings. The highest BCUT2D eigenvalue weighted by Gasteiger charge is 2.22. The Balaban J connectivity index is 1.56. The number of benzene rings is 3. The Kier molecular flexibility index (Phi) is 8.51. The molecule has 0 bridgehead atoms. The molecule has 1 aromatic heterocycles. The average molecular weight is 522 g/mol. The molecule has 9 heteroatoms. The fraction of sp³-hybridized carbons (Fsp3) is 0.222. The zero-order valence-electron chi connectivity index (χ0n) is 20.4. The predicted octanol–water partition coefficient (Wildman–Crippen LogP) is 6.80. The molecule has 1 heterocycles. The van der Waals surface area contributed by atoms with Crippen molar-refractivity contribution in [1.29, 1.82) is 0 Å². The third-order valence-electron chi connectivity index (χ3n) is 5.44. The molecule has 0 saturated carbocycles. The quantitative estimate of drug-likeness (QED) is 0.237. The highest BCUT2D eigenvalue weighted by Crippen LogP contribution is 2.30. The number of halogens is 1. The number of carbonyl (C=O) groups is 1. The van der Waals surface area contributed by atoms with E-state index >= 15 is 0 Å². The minimum Gasteiger partial charge on any atom is -0.494 e. The Labute approximate surface area is 220 Å². The summed E-state index contributed by atoms with van der Waals surface area (Å²) in [7, 11) is 0. The van der Waals surface area contributed by atoms with Gasteiger partial charge in [0.15, 0.2) is 11.0 Å². The normalized spacial score (nSPS) is 11.7. The van der Waals surface area contributed by atoms with Gasteiger partial charge in [-0.25, -0.2) is 4.79 Å². The number of aryl methyl sites for hydroxylation is 1. The number of rotatable bonds is 9. The lowest BCUT2D eigenvalue weighted by molar-refractivity contribution is 0.248. The van der Waals surface area contributed by atoms with Gasteiger partial charge in [-0.3, -0.25) is 4.57 Å². The topological polar surface area (TPSA) is 81.1 Å². The van der Waals surface area contributed by atoms with Crippen molar-refractivity contribution < 1.29 is 9.53 Å². The summed E-state index contributed by atoms with van der Waals surface area (Å²) in [4.78, 5) is 12.8. The highest BCUT2D eigenvalue weighted by molar-refractivity contribution is 7.98. The second kappa shape index (κ2) is 12.0. The molecule has 0 radical (unpaired) electrons. The maximum atomic E-state index is 12.8. The number of anilines is 1. The fourth-order valence-electron chi connectivity index (χ4n) is 3.66. The average Bonchev–Trinajstić information content (AvgIpc) is 3.30. The van der Waals surface area contributed by atoms with Crippen LogP contribution < -0.4 is 15.4 Å². The van der Waals surface area contributed by atoms with E-state index in [1.807, 2.05) is 73.9 Å².